The predicted octanol–water partition coefficient (Wildman–Crippen LogP) is 3.49. The van der Waals surface area contributed by atoms with Crippen LogP contribution in [0.2, 0.25) is 0 Å². The largest absolute Gasteiger partial charge is 0.356 e. The van der Waals surface area contributed by atoms with Crippen LogP contribution in [0.1, 0.15) is 42.4 Å². The summed E-state index contributed by atoms with van der Waals surface area (Å²) in [6.07, 6.45) is 1.69. The van der Waals surface area contributed by atoms with Gasteiger partial charge in [-0.3, -0.25) is 0 Å². The number of pyridine rings is 1. The summed E-state index contributed by atoms with van der Waals surface area (Å²) >= 11 is 0. The van der Waals surface area contributed by atoms with Gasteiger partial charge >= 0.3 is 0 Å². The number of hydrogen-bond acceptors (Lipinski definition) is 6. The van der Waals surface area contributed by atoms with E-state index in [9.17, 15) is 0 Å². The zero-order valence-corrected chi connectivity index (χ0v) is 13.3. The molecule has 0 saturated heterocycles. The fourth-order valence-electron chi connectivity index (χ4n) is 2.37. The Morgan fingerprint density at radius 3 is 2.71 bits per heavy atom. The topological polar surface area (TPSA) is 87.6 Å². The Balaban J connectivity index is 1.94. The molecule has 0 amide bonds. The number of benzene rings is 1. The minimum atomic E-state index is -0.304. The molecule has 1 unspecified atom stereocenters. The van der Waals surface area contributed by atoms with E-state index in [1.54, 1.807) is 12.1 Å². The van der Waals surface area contributed by atoms with Crippen LogP contribution in [0.15, 0.2) is 53.1 Å². The van der Waals surface area contributed by atoms with Crippen LogP contribution in [0, 0.1) is 11.3 Å². The molecule has 2 heterocycles. The molecule has 3 aromatic rings. The third-order valence-electron chi connectivity index (χ3n) is 3.49. The molecule has 3 rings (SSSR count). The average molecular weight is 319 g/mol. The van der Waals surface area contributed by atoms with Crippen molar-refractivity contribution >= 4 is 5.82 Å². The van der Waals surface area contributed by atoms with Gasteiger partial charge < -0.3 is 9.84 Å². The summed E-state index contributed by atoms with van der Waals surface area (Å²) < 4.78 is 5.32. The summed E-state index contributed by atoms with van der Waals surface area (Å²) in [5.74, 6) is 1.76. The molecule has 0 aliphatic rings. The number of hydrogen-bond donors (Lipinski definition) is 1. The van der Waals surface area contributed by atoms with Gasteiger partial charge in [0.25, 0.3) is 0 Å². The molecule has 0 spiro atoms. The van der Waals surface area contributed by atoms with Gasteiger partial charge in [0.1, 0.15) is 23.6 Å². The lowest BCUT2D eigenvalue weighted by Crippen LogP contribution is -2.15. The van der Waals surface area contributed by atoms with Crippen molar-refractivity contribution in [3.05, 3.63) is 71.5 Å². The maximum atomic E-state index is 9.01. The molecule has 1 aromatic carbocycles. The summed E-state index contributed by atoms with van der Waals surface area (Å²) in [7, 11) is 0. The standard InChI is InChI=1S/C18H17N5O/c1-2-7-16-22-18(23-24-16)17(13-8-4-3-5-9-13)21-15-11-6-10-14(12-19)20-15/h3-6,8-11,17H,2,7H2,1H3,(H,20,21). The molecule has 1 N–H and O–H groups in total. The van der Waals surface area contributed by atoms with E-state index >= 15 is 0 Å². The summed E-state index contributed by atoms with van der Waals surface area (Å²) in [6.45, 7) is 2.06. The molecule has 24 heavy (non-hydrogen) atoms. The Bertz CT molecular complexity index is 838. The number of aryl methyl sites for hydroxylation is 1. The first kappa shape index (κ1) is 15.7. The first-order valence-electron chi connectivity index (χ1n) is 7.81. The van der Waals surface area contributed by atoms with Gasteiger partial charge in [-0.25, -0.2) is 4.98 Å². The van der Waals surface area contributed by atoms with Gasteiger partial charge in [0.05, 0.1) is 0 Å². The highest BCUT2D eigenvalue weighted by molar-refractivity contribution is 5.43. The predicted molar refractivity (Wildman–Crippen MR) is 89.2 cm³/mol. The summed E-state index contributed by atoms with van der Waals surface area (Å²) in [6, 6.07) is 16.8. The Labute approximate surface area is 140 Å². The van der Waals surface area contributed by atoms with Crippen LogP contribution in [0.5, 0.6) is 0 Å². The van der Waals surface area contributed by atoms with Crippen LogP contribution in [0.4, 0.5) is 5.82 Å². The van der Waals surface area contributed by atoms with Crippen molar-refractivity contribution in [1.29, 1.82) is 5.26 Å². The second kappa shape index (κ2) is 7.38. The third kappa shape index (κ3) is 3.58. The quantitative estimate of drug-likeness (QED) is 0.748. The van der Waals surface area contributed by atoms with Crippen molar-refractivity contribution in [2.24, 2.45) is 0 Å². The number of rotatable bonds is 6. The zero-order valence-electron chi connectivity index (χ0n) is 13.3. The Morgan fingerprint density at radius 1 is 1.12 bits per heavy atom. The fourth-order valence-corrected chi connectivity index (χ4v) is 2.37. The number of nitriles is 1. The van der Waals surface area contributed by atoms with Gasteiger partial charge in [0.15, 0.2) is 5.82 Å². The Kier molecular flexibility index (Phi) is 4.82. The van der Waals surface area contributed by atoms with Crippen molar-refractivity contribution in [2.45, 2.75) is 25.8 Å². The van der Waals surface area contributed by atoms with Gasteiger partial charge in [-0.1, -0.05) is 48.5 Å². The van der Waals surface area contributed by atoms with Gasteiger partial charge in [-0.15, -0.1) is 0 Å². The van der Waals surface area contributed by atoms with E-state index in [1.165, 1.54) is 0 Å². The summed E-state index contributed by atoms with van der Waals surface area (Å²) in [5.41, 5.74) is 1.34. The minimum absolute atomic E-state index is 0.304. The van der Waals surface area contributed by atoms with Gasteiger partial charge in [-0.05, 0) is 24.1 Å². The summed E-state index contributed by atoms with van der Waals surface area (Å²) in [4.78, 5) is 8.75. The molecule has 0 radical (unpaired) electrons. The van der Waals surface area contributed by atoms with E-state index in [-0.39, 0.29) is 6.04 Å². The molecular weight excluding hydrogens is 302 g/mol. The molecule has 0 aliphatic carbocycles. The molecule has 0 bridgehead atoms. The number of nitrogens with one attached hydrogen (secondary N) is 1. The number of aromatic nitrogens is 3. The van der Waals surface area contributed by atoms with Crippen molar-refractivity contribution in [3.8, 4) is 6.07 Å². The van der Waals surface area contributed by atoms with Crippen LogP contribution in [0.25, 0.3) is 0 Å². The Hall–Kier alpha value is -3.20. The van der Waals surface area contributed by atoms with Crippen LogP contribution >= 0.6 is 0 Å². The van der Waals surface area contributed by atoms with E-state index in [2.05, 4.69) is 27.4 Å². The molecule has 6 heteroatoms. The monoisotopic (exact) mass is 319 g/mol. The van der Waals surface area contributed by atoms with Gasteiger partial charge in [-0.2, -0.15) is 10.2 Å². The van der Waals surface area contributed by atoms with Crippen LogP contribution in [-0.4, -0.2) is 15.1 Å². The van der Waals surface area contributed by atoms with E-state index in [0.717, 1.165) is 18.4 Å². The minimum Gasteiger partial charge on any atom is -0.356 e. The molecular formula is C18H17N5O. The molecule has 2 aromatic heterocycles. The number of anilines is 1. The molecule has 0 aliphatic heterocycles. The van der Waals surface area contributed by atoms with Crippen LogP contribution in [0.3, 0.4) is 0 Å². The van der Waals surface area contributed by atoms with Crippen molar-refractivity contribution < 1.29 is 4.52 Å². The smallest absolute Gasteiger partial charge is 0.226 e. The normalized spacial score (nSPS) is 11.7. The molecule has 120 valence electrons. The second-order valence-corrected chi connectivity index (χ2v) is 5.30. The second-order valence-electron chi connectivity index (χ2n) is 5.30. The highest BCUT2D eigenvalue weighted by Gasteiger charge is 2.20. The summed E-state index contributed by atoms with van der Waals surface area (Å²) in [5, 5.41) is 16.4. The zero-order chi connectivity index (χ0) is 16.8. The van der Waals surface area contributed by atoms with Gasteiger partial charge in [0, 0.05) is 6.42 Å². The molecule has 6 nitrogen and oxygen atoms in total. The van der Waals surface area contributed by atoms with E-state index in [1.807, 2.05) is 42.5 Å². The maximum absolute atomic E-state index is 9.01. The van der Waals surface area contributed by atoms with Crippen molar-refractivity contribution in [1.82, 2.24) is 15.1 Å². The van der Waals surface area contributed by atoms with Crippen LogP contribution < -0.4 is 5.32 Å². The average Bonchev–Trinajstić information content (AvgIpc) is 3.09. The van der Waals surface area contributed by atoms with Crippen molar-refractivity contribution in [2.75, 3.05) is 5.32 Å². The molecule has 0 fully saturated rings. The van der Waals surface area contributed by atoms with Crippen molar-refractivity contribution in [3.63, 3.8) is 0 Å². The Morgan fingerprint density at radius 2 is 1.96 bits per heavy atom. The lowest BCUT2D eigenvalue weighted by atomic mass is 10.1. The lowest BCUT2D eigenvalue weighted by molar-refractivity contribution is 0.371. The highest BCUT2D eigenvalue weighted by atomic mass is 16.5. The van der Waals surface area contributed by atoms with E-state index in [0.29, 0.717) is 23.2 Å². The SMILES string of the molecule is CCCc1nc(C(Nc2cccc(C#N)n2)c2ccccc2)no1. The third-order valence-corrected chi connectivity index (χ3v) is 3.49. The number of nitrogens with zero attached hydrogens (tertiary/aromatic N) is 4. The highest BCUT2D eigenvalue weighted by Crippen LogP contribution is 2.24. The maximum Gasteiger partial charge on any atom is 0.226 e. The molecule has 0 saturated carbocycles. The first-order chi connectivity index (χ1) is 11.8. The lowest BCUT2D eigenvalue weighted by Gasteiger charge is -2.16. The van der Waals surface area contributed by atoms with Crippen LogP contribution in [-0.2, 0) is 6.42 Å². The molecule has 1 atom stereocenters. The van der Waals surface area contributed by atoms with E-state index < -0.39 is 0 Å². The first-order valence-corrected chi connectivity index (χ1v) is 7.81. The van der Waals surface area contributed by atoms with Gasteiger partial charge in [0.2, 0.25) is 5.89 Å². The van der Waals surface area contributed by atoms with E-state index in [4.69, 9.17) is 9.78 Å². The fraction of sp³-hybridized carbons (Fsp3) is 0.222.